The number of carboxylic acid groups (broad SMARTS) is 1. The molecule has 39 nitrogen and oxygen atoms in total. The number of fused-ring (bicyclic) bond motifs is 2. The average Bonchev–Trinajstić information content (AvgIpc) is 1.58. The van der Waals surface area contributed by atoms with E-state index in [1.54, 1.807) is 13.2 Å². The van der Waals surface area contributed by atoms with Crippen molar-refractivity contribution in [1.29, 1.82) is 0 Å². The quantitative estimate of drug-likeness (QED) is 0.0128. The summed E-state index contributed by atoms with van der Waals surface area (Å²) in [5.41, 5.74) is 3.98. The van der Waals surface area contributed by atoms with Crippen LogP contribution in [0.4, 0.5) is 11.4 Å². The fourth-order valence-electron chi connectivity index (χ4n) is 13.0. The molecule has 0 bridgehead atoms. The van der Waals surface area contributed by atoms with Crippen molar-refractivity contribution < 1.29 is 234 Å². The Morgan fingerprint density at radius 3 is 1.18 bits per heavy atom. The van der Waals surface area contributed by atoms with Gasteiger partial charge in [0.2, 0.25) is 11.6 Å². The van der Waals surface area contributed by atoms with Crippen molar-refractivity contribution in [2.75, 3.05) is 348 Å². The third kappa shape index (κ3) is 63.3. The van der Waals surface area contributed by atoms with Crippen LogP contribution in [0, 0.1) is 0 Å². The van der Waals surface area contributed by atoms with Crippen LogP contribution in [-0.2, 0) is 163 Å². The van der Waals surface area contributed by atoms with Crippen molar-refractivity contribution in [1.82, 2.24) is 5.32 Å². The monoisotopic (exact) mass is 1960 g/mol. The number of hydrogen-bond donors (Lipinski definition) is 2. The third-order valence-corrected chi connectivity index (χ3v) is 21.5. The van der Waals surface area contributed by atoms with Crippen molar-refractivity contribution in [3.05, 3.63) is 83.6 Å². The molecule has 1 unspecified atom stereocenters. The first-order chi connectivity index (χ1) is 63.7. The van der Waals surface area contributed by atoms with E-state index in [9.17, 15) is 38.2 Å². The van der Waals surface area contributed by atoms with E-state index in [0.29, 0.717) is 391 Å². The molecule has 2 heterocycles. The summed E-state index contributed by atoms with van der Waals surface area (Å²) in [6.45, 7) is 29.7. The molecule has 44 heteroatoms. The number of anilines is 1. The molecule has 1 atom stereocenters. The molecule has 0 radical (unpaired) electrons. The van der Waals surface area contributed by atoms with Gasteiger partial charge in [0, 0.05) is 96.7 Å². The Hall–Kier alpha value is -2.52. The molecule has 2 aromatic rings. The largest absolute Gasteiger partial charge is 1.00 e. The number of rotatable bonds is 97. The number of carbonyl (C=O) groups excluding carboxylic acids is 1. The van der Waals surface area contributed by atoms with Crippen LogP contribution in [0.2, 0.25) is 0 Å². The summed E-state index contributed by atoms with van der Waals surface area (Å²) in [5, 5.41) is 40.6. The molecule has 750 valence electrons. The van der Waals surface area contributed by atoms with Crippen LogP contribution in [0.25, 0.3) is 0 Å². The first kappa shape index (κ1) is 126. The first-order valence-corrected chi connectivity index (χ1v) is 47.9. The zero-order chi connectivity index (χ0) is 93.3. The SMILES string of the molecule is COCCOCCOCCOCCOCCOCCOCCOCCOCCOCCOCCOCCOCCOCCOCCOCCOCCOCCOCCOCCOCCOCCOCCOCCNC(=O)CCCCC[N+]1=C(C=CC=CC=C2N(CCCSOO[O-])c3ccc(S(=O)(=O)[O-])cc3C2(C)CCCCCC(=O)O)C(C)(C)c2cc(SOO[O-])ccc21.[Na+].[Na+]. The number of methoxy groups -OCH3 is 1. The molecular formula is C88H147N3Na2O36S3. The minimum Gasteiger partial charge on any atom is -0.744 e. The summed E-state index contributed by atoms with van der Waals surface area (Å²) in [6.07, 6.45) is 15.2. The third-order valence-electron chi connectivity index (χ3n) is 19.5. The summed E-state index contributed by atoms with van der Waals surface area (Å²) < 4.78 is 181. The van der Waals surface area contributed by atoms with Gasteiger partial charge >= 0.3 is 65.1 Å². The topological polar surface area (TPSA) is 434 Å². The van der Waals surface area contributed by atoms with Crippen molar-refractivity contribution in [3.63, 3.8) is 0 Å². The van der Waals surface area contributed by atoms with E-state index in [-0.39, 0.29) is 76.3 Å². The molecular weight excluding hydrogens is 1820 g/mol. The van der Waals surface area contributed by atoms with Crippen LogP contribution >= 0.6 is 24.1 Å². The summed E-state index contributed by atoms with van der Waals surface area (Å²) in [6, 6.07) is 10.2. The van der Waals surface area contributed by atoms with Crippen molar-refractivity contribution in [3.8, 4) is 0 Å². The molecule has 2 aliphatic rings. The van der Waals surface area contributed by atoms with Gasteiger partial charge in [0.05, 0.1) is 333 Å². The molecule has 2 aromatic carbocycles. The minimum atomic E-state index is -4.79. The maximum atomic E-state index is 12.8. The number of amides is 1. The van der Waals surface area contributed by atoms with Crippen LogP contribution in [-0.4, -0.2) is 383 Å². The first-order valence-electron chi connectivity index (χ1n) is 44.9. The number of benzene rings is 2. The summed E-state index contributed by atoms with van der Waals surface area (Å²) in [7, 11) is -3.15. The zero-order valence-corrected chi connectivity index (χ0v) is 85.3. The normalized spacial score (nSPS) is 14.5. The fourth-order valence-corrected chi connectivity index (χ4v) is 14.2. The molecule has 0 fully saturated rings. The van der Waals surface area contributed by atoms with Gasteiger partial charge in [-0.2, -0.15) is 13.2 Å². The van der Waals surface area contributed by atoms with Crippen molar-refractivity contribution >= 4 is 63.2 Å². The number of carboxylic acids is 1. The molecule has 0 spiro atoms. The van der Waals surface area contributed by atoms with E-state index in [2.05, 4.69) is 53.5 Å². The number of hydrogen-bond acceptors (Lipinski definition) is 38. The molecule has 2 aliphatic heterocycles. The van der Waals surface area contributed by atoms with Crippen molar-refractivity contribution in [2.45, 2.75) is 106 Å². The van der Waals surface area contributed by atoms with Gasteiger partial charge in [0.15, 0.2) is 5.71 Å². The molecule has 0 aliphatic carbocycles. The second-order valence-corrected chi connectivity index (χ2v) is 32.4. The van der Waals surface area contributed by atoms with E-state index in [4.69, 9.17) is 114 Å². The Morgan fingerprint density at radius 1 is 0.439 bits per heavy atom. The standard InChI is InChI=1S/C88H149N3O36S3.2Na/c1-87(2)79-75-77(129-127-125-96)19-21-81(79)90(83(87)15-8-5-9-16-84-88(3,23-12-6-11-18-86(93)94)80-76-78(130(97,98)99)20-22-82(80)91(84)26-14-74-128-126-124-95)25-13-7-10-17-85(92)89-24-27-101-30-31-103-34-35-105-38-39-107-42-43-109-46-47-111-50-51-113-54-55-115-58-59-117-62-63-119-66-67-121-70-71-123-73-72-122-69-68-120-65-64-118-61-60-116-57-56-114-53-52-112-49-48-110-45-44-108-41-40-106-37-36-104-33-32-102-29-28-100-4;;/h5,8-9,15-16,19-22,75-76H,6-7,10-14,17-18,23-74H2,1-4H3,(H4-,89,92,93,94,95,96,97,98,99);;/q;2*+1/p-2. The summed E-state index contributed by atoms with van der Waals surface area (Å²) in [5.74, 6) is -0.537. The number of aliphatic carboxylic acids is 1. The van der Waals surface area contributed by atoms with Gasteiger partial charge in [-0.15, -0.1) is 0 Å². The number of ether oxygens (including phenoxy) is 24. The number of unbranched alkanes of at least 4 members (excludes halogenated alkanes) is 4. The number of carbonyl (C=O) groups is 2. The zero-order valence-electron chi connectivity index (χ0n) is 78.8. The van der Waals surface area contributed by atoms with Crippen LogP contribution < -0.4 is 79.8 Å². The summed E-state index contributed by atoms with van der Waals surface area (Å²) in [4.78, 5) is 26.5. The molecule has 0 saturated carbocycles. The minimum absolute atomic E-state index is 0. The molecule has 1 amide bonds. The molecule has 132 heavy (non-hydrogen) atoms. The van der Waals surface area contributed by atoms with Crippen LogP contribution in [0.5, 0.6) is 0 Å². The smallest absolute Gasteiger partial charge is 0.744 e. The predicted octanol–water partition coefficient (Wildman–Crippen LogP) is -0.0186. The van der Waals surface area contributed by atoms with Gasteiger partial charge in [-0.25, -0.2) is 8.42 Å². The van der Waals surface area contributed by atoms with E-state index in [1.807, 2.05) is 49.4 Å². The van der Waals surface area contributed by atoms with Gasteiger partial charge in [-0.05, 0) is 94.8 Å². The Labute approximate surface area is 833 Å². The van der Waals surface area contributed by atoms with E-state index in [0.717, 1.165) is 65.3 Å². The van der Waals surface area contributed by atoms with E-state index < -0.39 is 26.9 Å². The second kappa shape index (κ2) is 87.5. The molecule has 0 saturated heterocycles. The molecule has 4 rings (SSSR count). The van der Waals surface area contributed by atoms with Gasteiger partial charge in [0.25, 0.3) is 0 Å². The van der Waals surface area contributed by atoms with Gasteiger partial charge in [-0.1, -0.05) is 31.1 Å². The Morgan fingerprint density at radius 2 is 0.811 bits per heavy atom. The Kier molecular flexibility index (Phi) is 83.2. The number of allylic oxidation sites excluding steroid dienone is 6. The Bertz CT molecular complexity index is 3350. The van der Waals surface area contributed by atoms with Crippen LogP contribution in [0.1, 0.15) is 96.1 Å². The second-order valence-electron chi connectivity index (χ2n) is 29.5. The maximum absolute atomic E-state index is 12.8. The summed E-state index contributed by atoms with van der Waals surface area (Å²) >= 11 is 1.68. The molecule has 2 N–H and O–H groups in total. The maximum Gasteiger partial charge on any atom is 1.00 e. The number of nitrogens with one attached hydrogen (secondary N) is 1. The van der Waals surface area contributed by atoms with E-state index in [1.165, 1.54) is 12.1 Å². The van der Waals surface area contributed by atoms with E-state index >= 15 is 0 Å². The van der Waals surface area contributed by atoms with Gasteiger partial charge < -0.3 is 144 Å². The van der Waals surface area contributed by atoms with Crippen molar-refractivity contribution in [2.24, 2.45) is 0 Å². The number of nitrogens with zero attached hydrogens (tertiary/aromatic N) is 2. The fraction of sp³-hybridized carbons (Fsp3) is 0.761. The Balaban J connectivity index is 0.0000295. The average molecular weight is 1970 g/mol. The molecule has 0 aromatic heterocycles. The van der Waals surface area contributed by atoms with Crippen LogP contribution in [0.3, 0.4) is 0 Å². The van der Waals surface area contributed by atoms with Gasteiger partial charge in [0.1, 0.15) is 16.7 Å². The predicted molar refractivity (Wildman–Crippen MR) is 475 cm³/mol. The van der Waals surface area contributed by atoms with Crippen LogP contribution in [0.15, 0.2) is 82.3 Å². The van der Waals surface area contributed by atoms with Gasteiger partial charge in [-0.3, -0.25) is 19.7 Å².